The van der Waals surface area contributed by atoms with Gasteiger partial charge in [-0.2, -0.15) is 4.98 Å². The number of hydrogen-bond donors (Lipinski definition) is 1. The highest BCUT2D eigenvalue weighted by Crippen LogP contribution is 2.27. The molecule has 1 aromatic rings. The third-order valence-electron chi connectivity index (χ3n) is 5.50. The van der Waals surface area contributed by atoms with Gasteiger partial charge in [-0.15, -0.1) is 0 Å². The molecule has 1 amide bonds. The zero-order valence-electron chi connectivity index (χ0n) is 15.9. The van der Waals surface area contributed by atoms with Crippen LogP contribution in [0.1, 0.15) is 57.3 Å². The molecule has 8 nitrogen and oxygen atoms in total. The zero-order valence-corrected chi connectivity index (χ0v) is 15.9. The van der Waals surface area contributed by atoms with Gasteiger partial charge in [-0.1, -0.05) is 11.6 Å². The number of ether oxygens (including phenoxy) is 1. The Labute approximate surface area is 155 Å². The van der Waals surface area contributed by atoms with E-state index in [4.69, 9.17) is 15.0 Å². The Kier molecular flexibility index (Phi) is 6.61. The van der Waals surface area contributed by atoms with Gasteiger partial charge in [0.05, 0.1) is 6.54 Å². The lowest BCUT2D eigenvalue weighted by Gasteiger charge is -2.34. The van der Waals surface area contributed by atoms with Crippen LogP contribution < -0.4 is 5.73 Å². The summed E-state index contributed by atoms with van der Waals surface area (Å²) < 4.78 is 10.8. The van der Waals surface area contributed by atoms with Crippen LogP contribution in [-0.2, 0) is 16.1 Å². The normalized spacial score (nSPS) is 25.6. The molecular weight excluding hydrogens is 334 g/mol. The molecule has 3 rings (SSSR count). The summed E-state index contributed by atoms with van der Waals surface area (Å²) in [5.74, 6) is 1.80. The van der Waals surface area contributed by atoms with Gasteiger partial charge in [-0.25, -0.2) is 0 Å². The highest BCUT2D eigenvalue weighted by Gasteiger charge is 2.29. The van der Waals surface area contributed by atoms with Crippen LogP contribution in [0.2, 0.25) is 0 Å². The van der Waals surface area contributed by atoms with Gasteiger partial charge in [0.25, 0.3) is 0 Å². The summed E-state index contributed by atoms with van der Waals surface area (Å²) in [6.45, 7) is 8.22. The molecule has 1 aliphatic carbocycles. The van der Waals surface area contributed by atoms with Gasteiger partial charge in [-0.05, 0) is 32.6 Å². The van der Waals surface area contributed by atoms with E-state index < -0.39 is 0 Å². The van der Waals surface area contributed by atoms with E-state index in [1.165, 1.54) is 0 Å². The van der Waals surface area contributed by atoms with Crippen molar-refractivity contribution in [2.24, 2.45) is 11.7 Å². The molecule has 3 atom stereocenters. The molecule has 2 heterocycles. The van der Waals surface area contributed by atoms with Gasteiger partial charge in [-0.3, -0.25) is 9.69 Å². The molecule has 2 fully saturated rings. The third-order valence-corrected chi connectivity index (χ3v) is 5.50. The molecule has 2 aliphatic rings. The molecular formula is C18H31N5O3. The lowest BCUT2D eigenvalue weighted by Crippen LogP contribution is -2.49. The third kappa shape index (κ3) is 4.81. The number of piperazine rings is 1. The van der Waals surface area contributed by atoms with Crippen LogP contribution in [0.3, 0.4) is 0 Å². The van der Waals surface area contributed by atoms with Crippen molar-refractivity contribution in [1.29, 1.82) is 0 Å². The van der Waals surface area contributed by atoms with Crippen molar-refractivity contribution in [3.8, 4) is 0 Å². The number of amides is 1. The number of hydrogen-bond acceptors (Lipinski definition) is 7. The van der Waals surface area contributed by atoms with Crippen LogP contribution in [0.15, 0.2) is 4.52 Å². The topological polar surface area (TPSA) is 97.7 Å². The monoisotopic (exact) mass is 365 g/mol. The number of nitrogens with two attached hydrogens (primary N) is 1. The average Bonchev–Trinajstić information content (AvgIpc) is 3.25. The molecule has 146 valence electrons. The Morgan fingerprint density at radius 3 is 2.77 bits per heavy atom. The Bertz CT molecular complexity index is 585. The number of rotatable bonds is 7. The Morgan fingerprint density at radius 1 is 1.35 bits per heavy atom. The second kappa shape index (κ2) is 8.92. The first-order valence-corrected chi connectivity index (χ1v) is 9.76. The van der Waals surface area contributed by atoms with Crippen LogP contribution in [0.25, 0.3) is 0 Å². The van der Waals surface area contributed by atoms with E-state index in [1.54, 1.807) is 0 Å². The molecule has 1 saturated carbocycles. The van der Waals surface area contributed by atoms with E-state index in [1.807, 2.05) is 18.7 Å². The van der Waals surface area contributed by atoms with E-state index in [0.717, 1.165) is 45.4 Å². The lowest BCUT2D eigenvalue weighted by molar-refractivity contribution is -0.134. The lowest BCUT2D eigenvalue weighted by atomic mass is 9.99. The molecule has 0 spiro atoms. The molecule has 26 heavy (non-hydrogen) atoms. The number of nitrogens with zero attached hydrogens (tertiary/aromatic N) is 4. The van der Waals surface area contributed by atoms with Crippen LogP contribution >= 0.6 is 0 Å². The summed E-state index contributed by atoms with van der Waals surface area (Å²) >= 11 is 0. The van der Waals surface area contributed by atoms with E-state index in [-0.39, 0.29) is 18.1 Å². The average molecular weight is 365 g/mol. The standard InChI is InChI=1S/C18H31N5O3/c1-3-25-13(2)18-20-16(26-21-18)12-22-7-9-23(10-8-22)17(24)11-14-5-4-6-15(14)19/h13-15H,3-12,19H2,1-2H3/t13?,14-,15+/m0/s1. The molecule has 1 saturated heterocycles. The summed E-state index contributed by atoms with van der Waals surface area (Å²) in [7, 11) is 0. The molecule has 1 aliphatic heterocycles. The van der Waals surface area contributed by atoms with Crippen LogP contribution in [0.5, 0.6) is 0 Å². The largest absolute Gasteiger partial charge is 0.371 e. The SMILES string of the molecule is CCOC(C)c1noc(CN2CCN(C(=O)C[C@@H]3CCC[C@H]3N)CC2)n1. The van der Waals surface area contributed by atoms with Crippen molar-refractivity contribution in [2.45, 2.75) is 58.2 Å². The van der Waals surface area contributed by atoms with Gasteiger partial charge in [0, 0.05) is 45.2 Å². The first kappa shape index (κ1) is 19.3. The Balaban J connectivity index is 1.43. The van der Waals surface area contributed by atoms with Crippen molar-refractivity contribution < 1.29 is 14.1 Å². The van der Waals surface area contributed by atoms with E-state index in [0.29, 0.717) is 37.2 Å². The van der Waals surface area contributed by atoms with Crippen LogP contribution in [-0.4, -0.2) is 64.7 Å². The fourth-order valence-electron chi connectivity index (χ4n) is 3.84. The van der Waals surface area contributed by atoms with Crippen molar-refractivity contribution >= 4 is 5.91 Å². The summed E-state index contributed by atoms with van der Waals surface area (Å²) in [5.41, 5.74) is 6.10. The fraction of sp³-hybridized carbons (Fsp3) is 0.833. The maximum absolute atomic E-state index is 12.5. The molecule has 8 heteroatoms. The molecule has 0 aromatic carbocycles. The number of carbonyl (C=O) groups excluding carboxylic acids is 1. The molecule has 0 bridgehead atoms. The van der Waals surface area contributed by atoms with E-state index >= 15 is 0 Å². The highest BCUT2D eigenvalue weighted by molar-refractivity contribution is 5.76. The second-order valence-corrected chi connectivity index (χ2v) is 7.36. The first-order valence-electron chi connectivity index (χ1n) is 9.76. The Hall–Kier alpha value is -1.51. The van der Waals surface area contributed by atoms with E-state index in [9.17, 15) is 4.79 Å². The van der Waals surface area contributed by atoms with Crippen molar-refractivity contribution in [1.82, 2.24) is 19.9 Å². The van der Waals surface area contributed by atoms with Crippen LogP contribution in [0, 0.1) is 5.92 Å². The van der Waals surface area contributed by atoms with Gasteiger partial charge in [0.15, 0.2) is 5.82 Å². The van der Waals surface area contributed by atoms with Gasteiger partial charge in [0.2, 0.25) is 11.8 Å². The smallest absolute Gasteiger partial charge is 0.240 e. The maximum atomic E-state index is 12.5. The van der Waals surface area contributed by atoms with Gasteiger partial charge < -0.3 is 19.9 Å². The summed E-state index contributed by atoms with van der Waals surface area (Å²) in [5, 5.41) is 3.99. The van der Waals surface area contributed by atoms with Gasteiger partial charge in [0.1, 0.15) is 6.10 Å². The van der Waals surface area contributed by atoms with Crippen LogP contribution in [0.4, 0.5) is 0 Å². The Morgan fingerprint density at radius 2 is 2.12 bits per heavy atom. The minimum absolute atomic E-state index is 0.158. The number of carbonyl (C=O) groups is 1. The minimum Gasteiger partial charge on any atom is -0.371 e. The van der Waals surface area contributed by atoms with Crippen molar-refractivity contribution in [3.05, 3.63) is 11.7 Å². The molecule has 1 unspecified atom stereocenters. The number of aromatic nitrogens is 2. The summed E-state index contributed by atoms with van der Waals surface area (Å²) in [4.78, 5) is 21.1. The summed E-state index contributed by atoms with van der Waals surface area (Å²) in [6.07, 6.45) is 3.74. The predicted octanol–water partition coefficient (Wildman–Crippen LogP) is 1.33. The van der Waals surface area contributed by atoms with Gasteiger partial charge >= 0.3 is 0 Å². The molecule has 1 aromatic heterocycles. The predicted molar refractivity (Wildman–Crippen MR) is 96.1 cm³/mol. The van der Waals surface area contributed by atoms with E-state index in [2.05, 4.69) is 15.0 Å². The minimum atomic E-state index is -0.158. The second-order valence-electron chi connectivity index (χ2n) is 7.36. The zero-order chi connectivity index (χ0) is 18.5. The summed E-state index contributed by atoms with van der Waals surface area (Å²) in [6, 6.07) is 0.200. The quantitative estimate of drug-likeness (QED) is 0.778. The van der Waals surface area contributed by atoms with Crippen molar-refractivity contribution in [3.63, 3.8) is 0 Å². The molecule has 0 radical (unpaired) electrons. The highest BCUT2D eigenvalue weighted by atomic mass is 16.5. The maximum Gasteiger partial charge on any atom is 0.240 e. The molecule has 2 N–H and O–H groups in total. The first-order chi connectivity index (χ1) is 12.6. The fourth-order valence-corrected chi connectivity index (χ4v) is 3.84. The van der Waals surface area contributed by atoms with Crippen molar-refractivity contribution in [2.75, 3.05) is 32.8 Å².